The lowest BCUT2D eigenvalue weighted by molar-refractivity contribution is 0.129. The van der Waals surface area contributed by atoms with Crippen LogP contribution in [-0.4, -0.2) is 71.2 Å². The maximum atomic E-state index is 14.9. The highest BCUT2D eigenvalue weighted by molar-refractivity contribution is 7.89. The molecule has 1 amide bonds. The fourth-order valence-electron chi connectivity index (χ4n) is 3.81. The normalized spacial score (nSPS) is 19.8. The highest BCUT2D eigenvalue weighted by Gasteiger charge is 2.33. The molecule has 172 valence electrons. The van der Waals surface area contributed by atoms with Gasteiger partial charge in [-0.3, -0.25) is 4.90 Å². The number of amides is 1. The smallest absolute Gasteiger partial charge is 0.414 e. The Labute approximate surface area is 190 Å². The van der Waals surface area contributed by atoms with E-state index in [0.29, 0.717) is 37.2 Å². The number of aromatic nitrogens is 3. The number of carbonyl (C=O) groups excluding carboxylic acids is 1. The van der Waals surface area contributed by atoms with E-state index < -0.39 is 28.0 Å². The van der Waals surface area contributed by atoms with Crippen molar-refractivity contribution in [2.75, 3.05) is 36.2 Å². The number of anilines is 1. The first-order valence-electron chi connectivity index (χ1n) is 10.2. The van der Waals surface area contributed by atoms with Crippen LogP contribution in [0.5, 0.6) is 0 Å². The predicted molar refractivity (Wildman–Crippen MR) is 117 cm³/mol. The molecular weight excluding hydrogens is 461 g/mol. The van der Waals surface area contributed by atoms with Gasteiger partial charge in [0.2, 0.25) is 10.0 Å². The molecule has 3 heterocycles. The predicted octanol–water partition coefficient (Wildman–Crippen LogP) is 2.49. The van der Waals surface area contributed by atoms with E-state index in [1.165, 1.54) is 21.5 Å². The van der Waals surface area contributed by atoms with Gasteiger partial charge in [0.25, 0.3) is 0 Å². The summed E-state index contributed by atoms with van der Waals surface area (Å²) in [5, 5.41) is 7.58. The summed E-state index contributed by atoms with van der Waals surface area (Å²) < 4.78 is 47.9. The summed E-state index contributed by atoms with van der Waals surface area (Å²) in [4.78, 5) is 13.7. The number of ether oxygens (including phenoxy) is 1. The summed E-state index contributed by atoms with van der Waals surface area (Å²) in [5.41, 5.74) is 1.54. The lowest BCUT2D eigenvalue weighted by Gasteiger charge is -2.26. The Bertz CT molecular complexity index is 1110. The van der Waals surface area contributed by atoms with Crippen LogP contribution in [0.4, 0.5) is 14.9 Å². The van der Waals surface area contributed by atoms with Gasteiger partial charge in [-0.25, -0.2) is 22.3 Å². The number of nitrogens with zero attached hydrogens (tertiary/aromatic N) is 5. The Balaban J connectivity index is 1.43. The third-order valence-electron chi connectivity index (χ3n) is 5.45. The second-order valence-electron chi connectivity index (χ2n) is 7.60. The molecule has 0 saturated carbocycles. The lowest BCUT2D eigenvalue weighted by Crippen LogP contribution is -2.36. The number of hydrogen-bond donors (Lipinski definition) is 0. The fraction of sp³-hybridized carbons (Fsp3) is 0.450. The van der Waals surface area contributed by atoms with E-state index in [4.69, 9.17) is 16.3 Å². The monoisotopic (exact) mass is 483 g/mol. The molecule has 0 aliphatic carbocycles. The zero-order chi connectivity index (χ0) is 22.7. The Hall–Kier alpha value is -2.50. The summed E-state index contributed by atoms with van der Waals surface area (Å²) in [6.45, 7) is 1.12. The van der Waals surface area contributed by atoms with Crippen LogP contribution in [0.1, 0.15) is 18.4 Å². The van der Waals surface area contributed by atoms with Gasteiger partial charge in [0.05, 0.1) is 30.7 Å². The van der Waals surface area contributed by atoms with Crippen LogP contribution in [0, 0.1) is 5.82 Å². The number of hydrogen-bond acceptors (Lipinski definition) is 6. The van der Waals surface area contributed by atoms with E-state index in [2.05, 4.69) is 10.3 Å². The third-order valence-corrected chi connectivity index (χ3v) is 7.64. The molecule has 1 atom stereocenters. The molecule has 0 N–H and O–H groups in total. The molecule has 0 unspecified atom stereocenters. The Morgan fingerprint density at radius 2 is 2.16 bits per heavy atom. The highest BCUT2D eigenvalue weighted by atomic mass is 35.5. The molecule has 0 spiro atoms. The van der Waals surface area contributed by atoms with E-state index in [-0.39, 0.29) is 24.7 Å². The molecule has 2 aliphatic rings. The summed E-state index contributed by atoms with van der Waals surface area (Å²) in [6.07, 6.45) is 4.78. The number of alkyl halides is 1. The highest BCUT2D eigenvalue weighted by Crippen LogP contribution is 2.30. The number of sulfonamides is 1. The molecule has 1 aromatic carbocycles. The van der Waals surface area contributed by atoms with Crippen LogP contribution in [0.15, 0.2) is 36.7 Å². The first-order chi connectivity index (χ1) is 15.4. The van der Waals surface area contributed by atoms with Crippen molar-refractivity contribution in [1.29, 1.82) is 0 Å². The summed E-state index contributed by atoms with van der Waals surface area (Å²) in [6, 6.07) is 4.59. The topological polar surface area (TPSA) is 97.6 Å². The zero-order valence-electron chi connectivity index (χ0n) is 17.2. The van der Waals surface area contributed by atoms with Crippen molar-refractivity contribution in [1.82, 2.24) is 19.3 Å². The van der Waals surface area contributed by atoms with E-state index in [0.717, 1.165) is 5.57 Å². The molecule has 1 aromatic heterocycles. The second-order valence-corrected chi connectivity index (χ2v) is 10.1. The average Bonchev–Trinajstić information content (AvgIpc) is 3.42. The summed E-state index contributed by atoms with van der Waals surface area (Å²) >= 11 is 5.60. The van der Waals surface area contributed by atoms with Gasteiger partial charge in [0.1, 0.15) is 11.9 Å². The van der Waals surface area contributed by atoms with Crippen molar-refractivity contribution in [2.24, 2.45) is 0 Å². The van der Waals surface area contributed by atoms with Crippen molar-refractivity contribution in [3.05, 3.63) is 48.0 Å². The minimum atomic E-state index is -3.37. The van der Waals surface area contributed by atoms with Crippen LogP contribution < -0.4 is 4.90 Å². The molecule has 1 saturated heterocycles. The van der Waals surface area contributed by atoms with Gasteiger partial charge in [-0.2, -0.15) is 4.31 Å². The molecule has 32 heavy (non-hydrogen) atoms. The van der Waals surface area contributed by atoms with E-state index in [1.807, 2.05) is 0 Å². The van der Waals surface area contributed by atoms with Crippen LogP contribution in [-0.2, 0) is 21.3 Å². The maximum absolute atomic E-state index is 14.9. The zero-order valence-corrected chi connectivity index (χ0v) is 18.8. The van der Waals surface area contributed by atoms with Gasteiger partial charge in [0.15, 0.2) is 0 Å². The van der Waals surface area contributed by atoms with Gasteiger partial charge in [-0.1, -0.05) is 11.3 Å². The van der Waals surface area contributed by atoms with Gasteiger partial charge >= 0.3 is 6.09 Å². The van der Waals surface area contributed by atoms with Crippen LogP contribution >= 0.6 is 11.6 Å². The van der Waals surface area contributed by atoms with Crippen molar-refractivity contribution in [3.63, 3.8) is 0 Å². The first-order valence-corrected chi connectivity index (χ1v) is 12.4. The maximum Gasteiger partial charge on any atom is 0.414 e. The van der Waals surface area contributed by atoms with Crippen LogP contribution in [0.3, 0.4) is 0 Å². The third kappa shape index (κ3) is 4.94. The minimum absolute atomic E-state index is 0.00652. The molecule has 4 rings (SSSR count). The SMILES string of the molecule is O=C1O[C@@H](Cn2ccnn2)CN1c1ccc(C2=CCN(S(=O)(=O)CCCCl)CC2)c(F)c1. The number of carbonyl (C=O) groups is 1. The van der Waals surface area contributed by atoms with Crippen LogP contribution in [0.25, 0.3) is 5.57 Å². The molecule has 0 bridgehead atoms. The van der Waals surface area contributed by atoms with Gasteiger partial charge in [0, 0.05) is 30.7 Å². The number of halogens is 2. The van der Waals surface area contributed by atoms with Crippen molar-refractivity contribution < 1.29 is 22.3 Å². The quantitative estimate of drug-likeness (QED) is 0.535. The molecule has 9 nitrogen and oxygen atoms in total. The van der Waals surface area contributed by atoms with Gasteiger partial charge < -0.3 is 4.74 Å². The number of cyclic esters (lactones) is 1. The van der Waals surface area contributed by atoms with E-state index in [9.17, 15) is 17.6 Å². The van der Waals surface area contributed by atoms with Gasteiger partial charge in [-0.05, 0) is 36.6 Å². The van der Waals surface area contributed by atoms with E-state index >= 15 is 0 Å². The molecule has 2 aromatic rings. The largest absolute Gasteiger partial charge is 0.442 e. The van der Waals surface area contributed by atoms with Crippen molar-refractivity contribution in [2.45, 2.75) is 25.5 Å². The van der Waals surface area contributed by atoms with Gasteiger partial charge in [-0.15, -0.1) is 16.7 Å². The Morgan fingerprint density at radius 1 is 1.31 bits per heavy atom. The lowest BCUT2D eigenvalue weighted by atomic mass is 9.99. The molecular formula is C20H23ClFN5O4S. The summed E-state index contributed by atoms with van der Waals surface area (Å²) in [5.74, 6) is -0.177. The first kappa shape index (κ1) is 22.7. The number of benzene rings is 1. The fourth-order valence-corrected chi connectivity index (χ4v) is 5.54. The Morgan fingerprint density at radius 3 is 2.81 bits per heavy atom. The molecule has 12 heteroatoms. The van der Waals surface area contributed by atoms with Crippen molar-refractivity contribution in [3.8, 4) is 0 Å². The molecule has 0 radical (unpaired) electrons. The number of rotatable bonds is 8. The standard InChI is InChI=1S/C20H23ClFN5O4S/c21-6-1-11-32(29,30)26-8-4-15(5-9-26)18-3-2-16(12-19(18)22)27-14-17(31-20(27)28)13-25-10-7-23-24-25/h2-4,7,10,12,17H,1,5-6,8-9,11,13-14H2/t17-/m0/s1. The van der Waals surface area contributed by atoms with Crippen molar-refractivity contribution >= 4 is 39.0 Å². The average molecular weight is 484 g/mol. The van der Waals surface area contributed by atoms with E-state index in [1.54, 1.807) is 29.1 Å². The minimum Gasteiger partial charge on any atom is -0.442 e. The Kier molecular flexibility index (Phi) is 6.77. The van der Waals surface area contributed by atoms with Crippen LogP contribution in [0.2, 0.25) is 0 Å². The summed E-state index contributed by atoms with van der Waals surface area (Å²) in [7, 11) is -3.37. The second kappa shape index (κ2) is 9.55. The molecule has 1 fully saturated rings. The molecule has 2 aliphatic heterocycles.